The average Bonchev–Trinajstić information content (AvgIpc) is 3.11. The zero-order valence-corrected chi connectivity index (χ0v) is 13.9. The summed E-state index contributed by atoms with van der Waals surface area (Å²) in [6.45, 7) is 1.47. The summed E-state index contributed by atoms with van der Waals surface area (Å²) >= 11 is 5.64. The number of rotatable bonds is 1. The van der Waals surface area contributed by atoms with Gasteiger partial charge in [-0.05, 0) is 24.3 Å². The van der Waals surface area contributed by atoms with Crippen LogP contribution >= 0.6 is 11.6 Å². The first kappa shape index (κ1) is 18.2. The highest BCUT2D eigenvalue weighted by Crippen LogP contribution is 2.15. The van der Waals surface area contributed by atoms with Gasteiger partial charge in [-0.3, -0.25) is 4.79 Å². The van der Waals surface area contributed by atoms with Crippen LogP contribution in [0, 0.1) is 0 Å². The molecule has 0 bridgehead atoms. The molecular formula is C19H24ClNO. The highest BCUT2D eigenvalue weighted by atomic mass is 35.5. The first-order chi connectivity index (χ1) is 10.7. The van der Waals surface area contributed by atoms with Gasteiger partial charge in [0.1, 0.15) is 0 Å². The molecule has 0 aliphatic heterocycles. The van der Waals surface area contributed by atoms with Crippen LogP contribution in [0.15, 0.2) is 60.7 Å². The van der Waals surface area contributed by atoms with Crippen molar-refractivity contribution in [3.8, 4) is 0 Å². The minimum Gasteiger partial charge on any atom is -0.326 e. The normalized spacial score (nSPS) is 12.3. The van der Waals surface area contributed by atoms with Crippen molar-refractivity contribution in [2.45, 2.75) is 39.0 Å². The first-order valence-electron chi connectivity index (χ1n) is 7.71. The van der Waals surface area contributed by atoms with Crippen LogP contribution in [0.2, 0.25) is 5.02 Å². The second-order valence-electron chi connectivity index (χ2n) is 5.11. The molecule has 118 valence electrons. The number of carbonyl (C=O) groups is 1. The van der Waals surface area contributed by atoms with Gasteiger partial charge in [-0.25, -0.2) is 0 Å². The van der Waals surface area contributed by atoms with Crippen molar-refractivity contribution in [3.63, 3.8) is 0 Å². The van der Waals surface area contributed by atoms with Crippen molar-refractivity contribution in [1.82, 2.24) is 0 Å². The van der Waals surface area contributed by atoms with Crippen molar-refractivity contribution in [3.05, 3.63) is 65.7 Å². The van der Waals surface area contributed by atoms with Crippen molar-refractivity contribution >= 4 is 23.2 Å². The molecule has 1 N–H and O–H groups in total. The van der Waals surface area contributed by atoms with Crippen LogP contribution in [0.5, 0.6) is 0 Å². The lowest BCUT2D eigenvalue weighted by molar-refractivity contribution is -0.114. The van der Waals surface area contributed by atoms with E-state index in [9.17, 15) is 4.79 Å². The van der Waals surface area contributed by atoms with Gasteiger partial charge in [0, 0.05) is 17.6 Å². The van der Waals surface area contributed by atoms with E-state index in [0.717, 1.165) is 5.69 Å². The maximum absolute atomic E-state index is 10.6. The van der Waals surface area contributed by atoms with Crippen molar-refractivity contribution in [2.24, 2.45) is 0 Å². The Morgan fingerprint density at radius 2 is 1.18 bits per heavy atom. The van der Waals surface area contributed by atoms with E-state index in [2.05, 4.69) is 5.32 Å². The average molecular weight is 318 g/mol. The number of benzene rings is 2. The van der Waals surface area contributed by atoms with Gasteiger partial charge in [0.05, 0.1) is 0 Å². The number of halogens is 1. The van der Waals surface area contributed by atoms with Gasteiger partial charge in [0.15, 0.2) is 0 Å². The van der Waals surface area contributed by atoms with Crippen LogP contribution in [-0.4, -0.2) is 5.91 Å². The van der Waals surface area contributed by atoms with E-state index in [1.807, 2.05) is 36.4 Å². The molecule has 0 heterocycles. The Labute approximate surface area is 138 Å². The molecule has 1 amide bonds. The molecular weight excluding hydrogens is 294 g/mol. The minimum atomic E-state index is -0.0766. The smallest absolute Gasteiger partial charge is 0.221 e. The van der Waals surface area contributed by atoms with E-state index in [-0.39, 0.29) is 5.91 Å². The Balaban J connectivity index is 0.000000184. The number of amides is 1. The minimum absolute atomic E-state index is 0.0766. The zero-order valence-electron chi connectivity index (χ0n) is 13.1. The van der Waals surface area contributed by atoms with E-state index in [0.29, 0.717) is 5.02 Å². The Bertz CT molecular complexity index is 472. The van der Waals surface area contributed by atoms with Gasteiger partial charge in [-0.15, -0.1) is 0 Å². The molecule has 3 rings (SSSR count). The predicted octanol–water partition coefficient (Wildman–Crippen LogP) is 5.94. The quantitative estimate of drug-likeness (QED) is 0.693. The van der Waals surface area contributed by atoms with Gasteiger partial charge in [-0.1, -0.05) is 80.1 Å². The molecule has 3 heteroatoms. The van der Waals surface area contributed by atoms with Crippen molar-refractivity contribution in [2.75, 3.05) is 5.32 Å². The van der Waals surface area contributed by atoms with E-state index in [1.54, 1.807) is 24.3 Å². The lowest BCUT2D eigenvalue weighted by Gasteiger charge is -1.99. The van der Waals surface area contributed by atoms with Crippen LogP contribution in [0.25, 0.3) is 0 Å². The highest BCUT2D eigenvalue weighted by Gasteiger charge is 1.95. The van der Waals surface area contributed by atoms with Crippen LogP contribution < -0.4 is 5.32 Å². The van der Waals surface area contributed by atoms with E-state index < -0.39 is 0 Å². The van der Waals surface area contributed by atoms with Crippen LogP contribution in [0.1, 0.15) is 39.0 Å². The predicted molar refractivity (Wildman–Crippen MR) is 95.3 cm³/mol. The van der Waals surface area contributed by atoms with Crippen LogP contribution in [-0.2, 0) is 4.79 Å². The molecule has 2 aromatic rings. The summed E-state index contributed by atoms with van der Waals surface area (Å²) in [6.07, 6.45) is 7.50. The molecule has 0 saturated heterocycles. The molecule has 0 atom stereocenters. The number of hydrogen-bond acceptors (Lipinski definition) is 1. The SMILES string of the molecule is C1CCCC1.CC(=O)Nc1ccc(Cl)cc1.c1ccccc1. The summed E-state index contributed by atoms with van der Waals surface area (Å²) < 4.78 is 0. The third-order valence-corrected chi connectivity index (χ3v) is 3.33. The summed E-state index contributed by atoms with van der Waals surface area (Å²) in [7, 11) is 0. The largest absolute Gasteiger partial charge is 0.326 e. The molecule has 0 radical (unpaired) electrons. The fourth-order valence-electron chi connectivity index (χ4n) is 2.01. The Morgan fingerprint density at radius 3 is 1.50 bits per heavy atom. The second kappa shape index (κ2) is 11.8. The monoisotopic (exact) mass is 317 g/mol. The lowest BCUT2D eigenvalue weighted by Crippen LogP contribution is -2.04. The van der Waals surface area contributed by atoms with Crippen LogP contribution in [0.4, 0.5) is 5.69 Å². The lowest BCUT2D eigenvalue weighted by atomic mass is 10.3. The van der Waals surface area contributed by atoms with Crippen molar-refractivity contribution in [1.29, 1.82) is 0 Å². The Hall–Kier alpha value is -1.80. The molecule has 1 aliphatic carbocycles. The van der Waals surface area contributed by atoms with E-state index in [1.165, 1.54) is 39.0 Å². The summed E-state index contributed by atoms with van der Waals surface area (Å²) in [4.78, 5) is 10.6. The third kappa shape index (κ3) is 10.0. The molecule has 2 nitrogen and oxygen atoms in total. The standard InChI is InChI=1S/C8H8ClNO.C6H6.C5H10/c1-6(11)10-8-4-2-7(9)3-5-8;1-2-4-6-5-3-1;1-2-4-5-3-1/h2-5H,1H3,(H,10,11);1-6H;1-5H2. The second-order valence-corrected chi connectivity index (χ2v) is 5.55. The first-order valence-corrected chi connectivity index (χ1v) is 8.09. The third-order valence-electron chi connectivity index (χ3n) is 3.08. The number of carbonyl (C=O) groups excluding carboxylic acids is 1. The molecule has 22 heavy (non-hydrogen) atoms. The summed E-state index contributed by atoms with van der Waals surface area (Å²) in [5.74, 6) is -0.0766. The van der Waals surface area contributed by atoms with Crippen molar-refractivity contribution < 1.29 is 4.79 Å². The van der Waals surface area contributed by atoms with Gasteiger partial charge >= 0.3 is 0 Å². The number of nitrogens with one attached hydrogen (secondary N) is 1. The maximum atomic E-state index is 10.6. The summed E-state index contributed by atoms with van der Waals surface area (Å²) in [5.41, 5.74) is 0.766. The maximum Gasteiger partial charge on any atom is 0.221 e. The molecule has 0 spiro atoms. The molecule has 2 aromatic carbocycles. The summed E-state index contributed by atoms with van der Waals surface area (Å²) in [5, 5.41) is 3.30. The topological polar surface area (TPSA) is 29.1 Å². The molecule has 0 aromatic heterocycles. The van der Waals surface area contributed by atoms with Gasteiger partial charge < -0.3 is 5.32 Å². The molecule has 1 aliphatic rings. The number of anilines is 1. The fraction of sp³-hybridized carbons (Fsp3) is 0.316. The van der Waals surface area contributed by atoms with E-state index >= 15 is 0 Å². The van der Waals surface area contributed by atoms with Gasteiger partial charge in [0.25, 0.3) is 0 Å². The molecule has 1 saturated carbocycles. The molecule has 1 fully saturated rings. The van der Waals surface area contributed by atoms with Crippen LogP contribution in [0.3, 0.4) is 0 Å². The molecule has 0 unspecified atom stereocenters. The highest BCUT2D eigenvalue weighted by molar-refractivity contribution is 6.30. The van der Waals surface area contributed by atoms with Gasteiger partial charge in [0.2, 0.25) is 5.91 Å². The van der Waals surface area contributed by atoms with Gasteiger partial charge in [-0.2, -0.15) is 0 Å². The Morgan fingerprint density at radius 1 is 0.818 bits per heavy atom. The Kier molecular flexibility index (Phi) is 9.80. The van der Waals surface area contributed by atoms with E-state index in [4.69, 9.17) is 11.6 Å². The number of hydrogen-bond donors (Lipinski definition) is 1. The summed E-state index contributed by atoms with van der Waals surface area (Å²) in [6, 6.07) is 19.0. The fourth-order valence-corrected chi connectivity index (χ4v) is 2.13. The zero-order chi connectivity index (χ0) is 16.0.